The average Bonchev–Trinajstić information content (AvgIpc) is 3.82. The Balaban J connectivity index is 1.15. The molecule has 0 radical (unpaired) electrons. The molecule has 10 aromatic rings. The van der Waals surface area contributed by atoms with Crippen molar-refractivity contribution in [1.29, 1.82) is 0 Å². The highest BCUT2D eigenvalue weighted by Gasteiger charge is 2.22. The number of furan rings is 2. The molecule has 0 saturated carbocycles. The zero-order valence-electron chi connectivity index (χ0n) is 31.4. The van der Waals surface area contributed by atoms with E-state index in [4.69, 9.17) is 23.8 Å². The molecule has 0 unspecified atom stereocenters. The Labute approximate surface area is 322 Å². The van der Waals surface area contributed by atoms with Gasteiger partial charge in [-0.2, -0.15) is 0 Å². The number of rotatable bonds is 5. The minimum Gasteiger partial charge on any atom is -0.455 e. The van der Waals surface area contributed by atoms with Gasteiger partial charge in [-0.3, -0.25) is 0 Å². The molecule has 254 valence electrons. The van der Waals surface area contributed by atoms with Crippen molar-refractivity contribution in [3.05, 3.63) is 133 Å². The van der Waals surface area contributed by atoms with Gasteiger partial charge in [0.1, 0.15) is 61.6 Å². The number of para-hydroxylation sites is 3. The first-order chi connectivity index (χ1) is 26.9. The van der Waals surface area contributed by atoms with E-state index >= 15 is 0 Å². The quantitative estimate of drug-likeness (QED) is 0.258. The van der Waals surface area contributed by atoms with Crippen LogP contribution in [0.15, 0.2) is 142 Å². The lowest BCUT2D eigenvalue weighted by Crippen LogP contribution is -2.55. The average molecular weight is 701 g/mol. The molecule has 0 amide bonds. The molecule has 0 spiro atoms. The zero-order valence-corrected chi connectivity index (χ0v) is 31.4. The predicted octanol–water partition coefficient (Wildman–Crippen LogP) is 3.30. The summed E-state index contributed by atoms with van der Waals surface area (Å²) in [6.07, 6.45) is 0. The monoisotopic (exact) mass is 701 g/mol. The summed E-state index contributed by atoms with van der Waals surface area (Å²) in [4.78, 5) is 15.4. The number of aromatic nitrogens is 3. The van der Waals surface area contributed by atoms with Crippen LogP contribution in [0.3, 0.4) is 0 Å². The Morgan fingerprint density at radius 3 is 1.53 bits per heavy atom. The Kier molecular flexibility index (Phi) is 7.70. The van der Waals surface area contributed by atoms with Gasteiger partial charge >= 0.3 is 0 Å². The fourth-order valence-electron chi connectivity index (χ4n) is 8.27. The first-order valence-corrected chi connectivity index (χ1v) is 18.7. The molecule has 10 rings (SSSR count). The van der Waals surface area contributed by atoms with Crippen LogP contribution in [0.4, 0.5) is 0 Å². The molecule has 5 nitrogen and oxygen atoms in total. The van der Waals surface area contributed by atoms with Crippen LogP contribution in [-0.4, -0.2) is 54.2 Å². The molecule has 3 aromatic heterocycles. The van der Waals surface area contributed by atoms with Crippen LogP contribution >= 0.6 is 0 Å². The maximum atomic E-state index is 6.74. The van der Waals surface area contributed by atoms with Gasteiger partial charge in [-0.25, -0.2) is 15.0 Å². The van der Waals surface area contributed by atoms with E-state index in [1.165, 1.54) is 38.4 Å². The van der Waals surface area contributed by atoms with Gasteiger partial charge in [0.2, 0.25) is 0 Å². The summed E-state index contributed by atoms with van der Waals surface area (Å²) in [6, 6.07) is 45.6. The lowest BCUT2D eigenvalue weighted by Gasteiger charge is -2.20. The van der Waals surface area contributed by atoms with Gasteiger partial charge in [-0.15, -0.1) is 16.4 Å². The van der Waals surface area contributed by atoms with Gasteiger partial charge in [0, 0.05) is 49.4 Å². The largest absolute Gasteiger partial charge is 0.455 e. The number of hydrogen-bond donors (Lipinski definition) is 0. The lowest BCUT2D eigenvalue weighted by atomic mass is 9.59. The Morgan fingerprint density at radius 1 is 0.345 bits per heavy atom. The molecular formula is C45H32B5N3O2. The molecule has 0 N–H and O–H groups in total. The molecule has 0 aliphatic rings. The smallest absolute Gasteiger partial charge is 0.164 e. The number of benzene rings is 7. The fourth-order valence-corrected chi connectivity index (χ4v) is 8.27. The first-order valence-electron chi connectivity index (χ1n) is 18.7. The highest BCUT2D eigenvalue weighted by atomic mass is 16.3. The summed E-state index contributed by atoms with van der Waals surface area (Å²) in [5, 5.41) is 4.12. The van der Waals surface area contributed by atoms with Crippen LogP contribution in [0, 0.1) is 0 Å². The van der Waals surface area contributed by atoms with E-state index < -0.39 is 0 Å². The Hall–Kier alpha value is -6.53. The molecule has 0 aliphatic carbocycles. The second-order valence-electron chi connectivity index (χ2n) is 14.5. The van der Waals surface area contributed by atoms with Crippen LogP contribution in [0.25, 0.3) is 100 Å². The van der Waals surface area contributed by atoms with Crippen LogP contribution < -0.4 is 27.3 Å². The van der Waals surface area contributed by atoms with Crippen LogP contribution in [0.5, 0.6) is 0 Å². The first kappa shape index (κ1) is 33.1. The van der Waals surface area contributed by atoms with Crippen LogP contribution in [0.1, 0.15) is 0 Å². The maximum absolute atomic E-state index is 6.74. The minimum absolute atomic E-state index is 0.586. The highest BCUT2D eigenvalue weighted by molar-refractivity contribution is 6.68. The summed E-state index contributed by atoms with van der Waals surface area (Å²) in [6.45, 7) is 0. The van der Waals surface area contributed by atoms with Gasteiger partial charge in [-0.1, -0.05) is 132 Å². The molecule has 3 heterocycles. The van der Waals surface area contributed by atoms with Gasteiger partial charge < -0.3 is 8.83 Å². The molecule has 0 fully saturated rings. The van der Waals surface area contributed by atoms with Crippen molar-refractivity contribution in [3.63, 3.8) is 0 Å². The molecule has 0 saturated heterocycles. The second-order valence-corrected chi connectivity index (χ2v) is 14.5. The van der Waals surface area contributed by atoms with E-state index in [0.29, 0.717) is 17.5 Å². The standard InChI is InChI=1S/C45H32B5N3O2/c46-36-34(37(47)39(49)40(50)38(36)48)23-19-21-25(22-20-23)44-51-43(24-9-2-1-3-10-24)52-45(53-44)31-16-8-18-33-35(31)30-15-7-14-29(42(30)55-33)28-13-6-12-27-26-11-4-5-17-32(26)54-41(27)28/h1-22H,46-50H2. The highest BCUT2D eigenvalue weighted by Crippen LogP contribution is 2.43. The molecule has 7 aromatic carbocycles. The third-order valence-corrected chi connectivity index (χ3v) is 11.6. The molecule has 0 bridgehead atoms. The second kappa shape index (κ2) is 12.8. The van der Waals surface area contributed by atoms with Crippen LogP contribution in [-0.2, 0) is 0 Å². The number of fused-ring (bicyclic) bond motifs is 6. The van der Waals surface area contributed by atoms with Crippen molar-refractivity contribution in [2.75, 3.05) is 0 Å². The number of nitrogens with zero attached hydrogens (tertiary/aromatic N) is 3. The van der Waals surface area contributed by atoms with Crippen molar-refractivity contribution >= 4 is 110 Å². The summed E-state index contributed by atoms with van der Waals surface area (Å²) in [5.74, 6) is 1.81. The lowest BCUT2D eigenvalue weighted by molar-refractivity contribution is 0.665. The van der Waals surface area contributed by atoms with Gasteiger partial charge in [0.25, 0.3) is 0 Å². The predicted molar refractivity (Wildman–Crippen MR) is 242 cm³/mol. The topological polar surface area (TPSA) is 65.0 Å². The molecule has 0 atom stereocenters. The Bertz CT molecular complexity index is 3130. The molecular weight excluding hydrogens is 669 g/mol. The van der Waals surface area contributed by atoms with E-state index in [1.807, 2.05) is 60.7 Å². The van der Waals surface area contributed by atoms with Gasteiger partial charge in [0.15, 0.2) is 17.5 Å². The van der Waals surface area contributed by atoms with Gasteiger partial charge in [0.05, 0.1) is 0 Å². The third-order valence-electron chi connectivity index (χ3n) is 11.6. The number of hydrogen-bond acceptors (Lipinski definition) is 5. The maximum Gasteiger partial charge on any atom is 0.164 e. The van der Waals surface area contributed by atoms with E-state index in [1.54, 1.807) is 0 Å². The van der Waals surface area contributed by atoms with Crippen molar-refractivity contribution in [1.82, 2.24) is 15.0 Å². The normalized spacial score (nSPS) is 11.6. The van der Waals surface area contributed by atoms with E-state index in [9.17, 15) is 0 Å². The van der Waals surface area contributed by atoms with E-state index in [0.717, 1.165) is 71.7 Å². The molecule has 10 heteroatoms. The van der Waals surface area contributed by atoms with E-state index in [-0.39, 0.29) is 0 Å². The minimum atomic E-state index is 0.586. The van der Waals surface area contributed by atoms with Crippen molar-refractivity contribution in [2.45, 2.75) is 0 Å². The van der Waals surface area contributed by atoms with Crippen molar-refractivity contribution < 1.29 is 8.83 Å². The van der Waals surface area contributed by atoms with Crippen molar-refractivity contribution in [3.8, 4) is 56.4 Å². The van der Waals surface area contributed by atoms with Crippen LogP contribution in [0.2, 0.25) is 0 Å². The van der Waals surface area contributed by atoms with Gasteiger partial charge in [-0.05, 0) is 23.3 Å². The molecule has 55 heavy (non-hydrogen) atoms. The summed E-state index contributed by atoms with van der Waals surface area (Å²) < 4.78 is 13.2. The Morgan fingerprint density at radius 2 is 0.818 bits per heavy atom. The fraction of sp³-hybridized carbons (Fsp3) is 0. The molecule has 0 aliphatic heterocycles. The van der Waals surface area contributed by atoms with Crippen molar-refractivity contribution in [2.24, 2.45) is 0 Å². The SMILES string of the molecule is Bc1c(B)c(B)c(-c2ccc(-c3nc(-c4ccccc4)nc(-c4cccc5oc6c(-c7cccc8c7oc7ccccc78)cccc6c45)n3)cc2)c(B)c1B. The third kappa shape index (κ3) is 5.27. The van der Waals surface area contributed by atoms with E-state index in [2.05, 4.69) is 112 Å². The summed E-state index contributed by atoms with van der Waals surface area (Å²) >= 11 is 0. The summed E-state index contributed by atoms with van der Waals surface area (Å²) in [5.41, 5.74) is 17.1. The summed E-state index contributed by atoms with van der Waals surface area (Å²) in [7, 11) is 11.1. The zero-order chi connectivity index (χ0) is 37.4.